The van der Waals surface area contributed by atoms with Gasteiger partial charge in [-0.3, -0.25) is 0 Å². The SMILES string of the molecule is COc1ccc(-c2ccc(-n3nc(C)cc3N)nn2)cc1C. The molecule has 0 fully saturated rings. The van der Waals surface area contributed by atoms with E-state index in [2.05, 4.69) is 15.3 Å². The largest absolute Gasteiger partial charge is 0.496 e. The van der Waals surface area contributed by atoms with Gasteiger partial charge in [0.25, 0.3) is 0 Å². The number of ether oxygens (including phenoxy) is 1. The van der Waals surface area contributed by atoms with Crippen LogP contribution in [0.25, 0.3) is 17.1 Å². The highest BCUT2D eigenvalue weighted by molar-refractivity contribution is 5.62. The lowest BCUT2D eigenvalue weighted by atomic mass is 10.1. The number of nitrogens with zero attached hydrogens (tertiary/aromatic N) is 4. The third kappa shape index (κ3) is 2.50. The summed E-state index contributed by atoms with van der Waals surface area (Å²) >= 11 is 0. The average molecular weight is 295 g/mol. The van der Waals surface area contributed by atoms with Crippen molar-refractivity contribution >= 4 is 5.82 Å². The number of anilines is 1. The Kier molecular flexibility index (Phi) is 3.50. The first-order chi connectivity index (χ1) is 10.6. The molecule has 6 nitrogen and oxygen atoms in total. The van der Waals surface area contributed by atoms with E-state index in [1.54, 1.807) is 17.9 Å². The minimum Gasteiger partial charge on any atom is -0.496 e. The highest BCUT2D eigenvalue weighted by Gasteiger charge is 2.08. The predicted molar refractivity (Wildman–Crippen MR) is 85.0 cm³/mol. The highest BCUT2D eigenvalue weighted by Crippen LogP contribution is 2.24. The molecule has 2 heterocycles. The maximum Gasteiger partial charge on any atom is 0.178 e. The van der Waals surface area contributed by atoms with Crippen LogP contribution in [0.5, 0.6) is 5.75 Å². The van der Waals surface area contributed by atoms with Crippen LogP contribution in [0.15, 0.2) is 36.4 Å². The van der Waals surface area contributed by atoms with E-state index in [-0.39, 0.29) is 0 Å². The molecule has 0 aliphatic rings. The second-order valence-corrected chi connectivity index (χ2v) is 5.08. The molecular weight excluding hydrogens is 278 g/mol. The molecule has 0 saturated carbocycles. The lowest BCUT2D eigenvalue weighted by Gasteiger charge is -2.07. The van der Waals surface area contributed by atoms with E-state index < -0.39 is 0 Å². The smallest absolute Gasteiger partial charge is 0.178 e. The van der Waals surface area contributed by atoms with Crippen molar-refractivity contribution in [1.82, 2.24) is 20.0 Å². The van der Waals surface area contributed by atoms with Gasteiger partial charge in [-0.2, -0.15) is 9.78 Å². The summed E-state index contributed by atoms with van der Waals surface area (Å²) in [6.45, 7) is 3.88. The van der Waals surface area contributed by atoms with Crippen LogP contribution in [0.4, 0.5) is 5.82 Å². The van der Waals surface area contributed by atoms with Crippen LogP contribution in [0.2, 0.25) is 0 Å². The Bertz CT molecular complexity index is 808. The zero-order valence-corrected chi connectivity index (χ0v) is 12.7. The second kappa shape index (κ2) is 5.48. The normalized spacial score (nSPS) is 10.7. The van der Waals surface area contributed by atoms with E-state index >= 15 is 0 Å². The molecule has 0 bridgehead atoms. The van der Waals surface area contributed by atoms with E-state index in [1.807, 2.05) is 44.2 Å². The van der Waals surface area contributed by atoms with Crippen molar-refractivity contribution in [2.24, 2.45) is 0 Å². The second-order valence-electron chi connectivity index (χ2n) is 5.08. The van der Waals surface area contributed by atoms with Crippen LogP contribution in [-0.2, 0) is 0 Å². The van der Waals surface area contributed by atoms with Crippen molar-refractivity contribution in [3.63, 3.8) is 0 Å². The van der Waals surface area contributed by atoms with Gasteiger partial charge in [0.05, 0.1) is 18.5 Å². The summed E-state index contributed by atoms with van der Waals surface area (Å²) in [5.74, 6) is 1.99. The first kappa shape index (κ1) is 14.1. The van der Waals surface area contributed by atoms with Crippen LogP contribution in [0.3, 0.4) is 0 Å². The summed E-state index contributed by atoms with van der Waals surface area (Å²) in [7, 11) is 1.66. The molecule has 0 aliphatic carbocycles. The fourth-order valence-corrected chi connectivity index (χ4v) is 2.33. The fourth-order valence-electron chi connectivity index (χ4n) is 2.33. The number of benzene rings is 1. The summed E-state index contributed by atoms with van der Waals surface area (Å²) in [6, 6.07) is 11.5. The predicted octanol–water partition coefficient (Wildman–Crippen LogP) is 2.54. The number of methoxy groups -OCH3 is 1. The summed E-state index contributed by atoms with van der Waals surface area (Å²) < 4.78 is 6.84. The molecule has 0 aliphatic heterocycles. The van der Waals surface area contributed by atoms with Crippen LogP contribution in [-0.4, -0.2) is 27.1 Å². The van der Waals surface area contributed by atoms with Gasteiger partial charge in [0, 0.05) is 11.6 Å². The van der Waals surface area contributed by atoms with E-state index in [0.717, 1.165) is 28.3 Å². The van der Waals surface area contributed by atoms with E-state index in [4.69, 9.17) is 10.5 Å². The number of hydrogen-bond acceptors (Lipinski definition) is 5. The van der Waals surface area contributed by atoms with Gasteiger partial charge in [-0.05, 0) is 49.7 Å². The number of aryl methyl sites for hydroxylation is 2. The van der Waals surface area contributed by atoms with Gasteiger partial charge in [-0.1, -0.05) is 0 Å². The Hall–Kier alpha value is -2.89. The van der Waals surface area contributed by atoms with Gasteiger partial charge in [-0.25, -0.2) is 0 Å². The van der Waals surface area contributed by atoms with Crippen LogP contribution >= 0.6 is 0 Å². The average Bonchev–Trinajstić information content (AvgIpc) is 2.86. The lowest BCUT2D eigenvalue weighted by molar-refractivity contribution is 0.412. The van der Waals surface area contributed by atoms with Crippen molar-refractivity contribution in [2.45, 2.75) is 13.8 Å². The first-order valence-corrected chi connectivity index (χ1v) is 6.90. The minimum atomic E-state index is 0.542. The maximum atomic E-state index is 5.89. The molecule has 3 rings (SSSR count). The molecule has 6 heteroatoms. The van der Waals surface area contributed by atoms with Crippen LogP contribution in [0, 0.1) is 13.8 Å². The maximum absolute atomic E-state index is 5.89. The van der Waals surface area contributed by atoms with Gasteiger partial charge in [-0.15, -0.1) is 10.2 Å². The molecule has 0 atom stereocenters. The van der Waals surface area contributed by atoms with Crippen LogP contribution in [0.1, 0.15) is 11.3 Å². The number of rotatable bonds is 3. The monoisotopic (exact) mass is 295 g/mol. The summed E-state index contributed by atoms with van der Waals surface area (Å²) in [5.41, 5.74) is 9.57. The molecule has 0 radical (unpaired) electrons. The quantitative estimate of drug-likeness (QED) is 0.803. The standard InChI is InChI=1S/C16H17N5O/c1-10-8-12(4-6-14(10)22-3)13-5-7-16(19-18-13)21-15(17)9-11(2)20-21/h4-9H,17H2,1-3H3. The zero-order valence-electron chi connectivity index (χ0n) is 12.7. The Morgan fingerprint density at radius 3 is 2.41 bits per heavy atom. The molecule has 0 amide bonds. The summed E-state index contributed by atoms with van der Waals surface area (Å²) in [6.07, 6.45) is 0. The van der Waals surface area contributed by atoms with Crippen molar-refractivity contribution in [1.29, 1.82) is 0 Å². The Labute approximate surface area is 128 Å². The molecule has 0 saturated heterocycles. The van der Waals surface area contributed by atoms with Crippen molar-refractivity contribution in [3.8, 4) is 22.8 Å². The number of hydrogen-bond donors (Lipinski definition) is 1. The zero-order chi connectivity index (χ0) is 15.7. The third-order valence-electron chi connectivity index (χ3n) is 3.42. The van der Waals surface area contributed by atoms with Crippen molar-refractivity contribution < 1.29 is 4.74 Å². The van der Waals surface area contributed by atoms with Crippen molar-refractivity contribution in [3.05, 3.63) is 47.7 Å². The first-order valence-electron chi connectivity index (χ1n) is 6.90. The van der Waals surface area contributed by atoms with E-state index in [0.29, 0.717) is 11.6 Å². The van der Waals surface area contributed by atoms with Crippen molar-refractivity contribution in [2.75, 3.05) is 12.8 Å². The Morgan fingerprint density at radius 1 is 1.05 bits per heavy atom. The molecule has 0 spiro atoms. The van der Waals surface area contributed by atoms with Crippen LogP contribution < -0.4 is 10.5 Å². The molecule has 112 valence electrons. The number of aromatic nitrogens is 4. The Balaban J connectivity index is 1.94. The van der Waals surface area contributed by atoms with E-state index in [9.17, 15) is 0 Å². The lowest BCUT2D eigenvalue weighted by Crippen LogP contribution is -2.05. The molecular formula is C16H17N5O. The number of nitrogen functional groups attached to an aromatic ring is 1. The topological polar surface area (TPSA) is 78.9 Å². The Morgan fingerprint density at radius 2 is 1.86 bits per heavy atom. The molecule has 3 aromatic rings. The molecule has 2 aromatic heterocycles. The number of nitrogens with two attached hydrogens (primary N) is 1. The van der Waals surface area contributed by atoms with Gasteiger partial charge < -0.3 is 10.5 Å². The summed E-state index contributed by atoms with van der Waals surface area (Å²) in [4.78, 5) is 0. The van der Waals surface area contributed by atoms with Gasteiger partial charge in [0.1, 0.15) is 11.6 Å². The molecule has 1 aromatic carbocycles. The van der Waals surface area contributed by atoms with Gasteiger partial charge in [0.15, 0.2) is 5.82 Å². The van der Waals surface area contributed by atoms with E-state index in [1.165, 1.54) is 0 Å². The third-order valence-corrected chi connectivity index (χ3v) is 3.42. The molecule has 2 N–H and O–H groups in total. The van der Waals surface area contributed by atoms with Gasteiger partial charge >= 0.3 is 0 Å². The minimum absolute atomic E-state index is 0.542. The highest BCUT2D eigenvalue weighted by atomic mass is 16.5. The molecule has 22 heavy (non-hydrogen) atoms. The van der Waals surface area contributed by atoms with Gasteiger partial charge in [0.2, 0.25) is 0 Å². The fraction of sp³-hybridized carbons (Fsp3) is 0.188. The molecule has 0 unspecified atom stereocenters. The summed E-state index contributed by atoms with van der Waals surface area (Å²) in [5, 5.41) is 12.8.